The first-order chi connectivity index (χ1) is 16.8. The number of nitrogens with two attached hydrogens (primary N) is 1. The minimum Gasteiger partial charge on any atom is -0.485 e. The molecular formula is C25H24FN3O5S. The van der Waals surface area contributed by atoms with Crippen LogP contribution in [-0.4, -0.2) is 39.7 Å². The molecule has 0 saturated heterocycles. The van der Waals surface area contributed by atoms with Crippen molar-refractivity contribution in [3.63, 3.8) is 0 Å². The molecule has 2 atom stereocenters. The van der Waals surface area contributed by atoms with Gasteiger partial charge in [0.15, 0.2) is 5.78 Å². The number of primary amides is 1. The average Bonchev–Trinajstić information content (AvgIpc) is 3.57. The van der Waals surface area contributed by atoms with Crippen LogP contribution in [0.5, 0.6) is 5.75 Å². The number of ether oxygens (including phenoxy) is 1. The van der Waals surface area contributed by atoms with Gasteiger partial charge >= 0.3 is 0 Å². The Morgan fingerprint density at radius 1 is 1.20 bits per heavy atom. The van der Waals surface area contributed by atoms with Gasteiger partial charge in [0, 0.05) is 17.0 Å². The second-order valence-corrected chi connectivity index (χ2v) is 9.18. The number of carbonyl (C=O) groups is 3. The average molecular weight is 498 g/mol. The SMILES string of the molecule is CC(Oc1ccc(C(=O)C2CC2)cc1)c1cc(-c2ccc(C(=O)N[C@@H](CO)C(N)=O)c(F)c2)ns1. The number of hydrogen-bond donors (Lipinski definition) is 3. The maximum atomic E-state index is 14.6. The zero-order valence-electron chi connectivity index (χ0n) is 18.9. The number of nitrogens with one attached hydrogen (secondary N) is 1. The van der Waals surface area contributed by atoms with Crippen molar-refractivity contribution in [1.82, 2.24) is 9.69 Å². The van der Waals surface area contributed by atoms with Gasteiger partial charge in [-0.15, -0.1) is 0 Å². The van der Waals surface area contributed by atoms with Crippen LogP contribution in [-0.2, 0) is 4.79 Å². The van der Waals surface area contributed by atoms with Crippen LogP contribution in [0.15, 0.2) is 48.5 Å². The molecule has 35 heavy (non-hydrogen) atoms. The Morgan fingerprint density at radius 3 is 2.51 bits per heavy atom. The Balaban J connectivity index is 1.42. The van der Waals surface area contributed by atoms with E-state index in [1.54, 1.807) is 30.3 Å². The highest BCUT2D eigenvalue weighted by Gasteiger charge is 2.30. The molecule has 182 valence electrons. The maximum Gasteiger partial charge on any atom is 0.254 e. The molecule has 1 unspecified atom stereocenters. The number of benzene rings is 2. The zero-order valence-corrected chi connectivity index (χ0v) is 19.7. The number of aromatic nitrogens is 1. The maximum absolute atomic E-state index is 14.6. The summed E-state index contributed by atoms with van der Waals surface area (Å²) in [6.45, 7) is 1.18. The summed E-state index contributed by atoms with van der Waals surface area (Å²) in [7, 11) is 0. The summed E-state index contributed by atoms with van der Waals surface area (Å²) in [6.07, 6.45) is 1.59. The molecule has 1 aromatic heterocycles. The Labute approximate surface area is 205 Å². The summed E-state index contributed by atoms with van der Waals surface area (Å²) in [5.74, 6) is -1.63. The van der Waals surface area contributed by atoms with Crippen molar-refractivity contribution in [3.05, 3.63) is 70.4 Å². The molecule has 4 rings (SSSR count). The fourth-order valence-corrected chi connectivity index (χ4v) is 4.18. The first-order valence-electron chi connectivity index (χ1n) is 11.0. The van der Waals surface area contributed by atoms with E-state index in [4.69, 9.17) is 15.6 Å². The van der Waals surface area contributed by atoms with Gasteiger partial charge in [-0.05, 0) is 73.8 Å². The van der Waals surface area contributed by atoms with Crippen LogP contribution in [0, 0.1) is 11.7 Å². The highest BCUT2D eigenvalue weighted by atomic mass is 32.1. The van der Waals surface area contributed by atoms with Crippen LogP contribution < -0.4 is 15.8 Å². The second kappa shape index (κ2) is 10.3. The first-order valence-corrected chi connectivity index (χ1v) is 11.8. The lowest BCUT2D eigenvalue weighted by Gasteiger charge is -2.13. The molecule has 0 spiro atoms. The lowest BCUT2D eigenvalue weighted by Crippen LogP contribution is -2.47. The number of Topliss-reactive ketones (excluding diaryl/α,β-unsaturated/α-hetero) is 1. The molecule has 0 bridgehead atoms. The number of hydrogen-bond acceptors (Lipinski definition) is 7. The topological polar surface area (TPSA) is 132 Å². The van der Waals surface area contributed by atoms with E-state index in [-0.39, 0.29) is 23.4 Å². The van der Waals surface area contributed by atoms with Gasteiger partial charge in [0.1, 0.15) is 23.7 Å². The van der Waals surface area contributed by atoms with Gasteiger partial charge in [-0.25, -0.2) is 4.39 Å². The van der Waals surface area contributed by atoms with E-state index in [0.29, 0.717) is 22.6 Å². The predicted octanol–water partition coefficient (Wildman–Crippen LogP) is 3.26. The van der Waals surface area contributed by atoms with E-state index in [2.05, 4.69) is 9.69 Å². The highest BCUT2D eigenvalue weighted by Crippen LogP contribution is 2.34. The third-order valence-corrected chi connectivity index (χ3v) is 6.62. The second-order valence-electron chi connectivity index (χ2n) is 8.34. The fraction of sp³-hybridized carbons (Fsp3) is 0.280. The number of aliphatic hydroxyl groups excluding tert-OH is 1. The summed E-state index contributed by atoms with van der Waals surface area (Å²) in [5.41, 5.74) is 6.46. The van der Waals surface area contributed by atoms with Gasteiger partial charge in [-0.1, -0.05) is 6.07 Å². The molecule has 1 aliphatic carbocycles. The normalized spacial score (nSPS) is 14.7. The molecule has 8 nitrogen and oxygen atoms in total. The van der Waals surface area contributed by atoms with Crippen molar-refractivity contribution in [2.24, 2.45) is 11.7 Å². The van der Waals surface area contributed by atoms with Gasteiger partial charge < -0.3 is 20.9 Å². The Morgan fingerprint density at radius 2 is 1.91 bits per heavy atom. The van der Waals surface area contributed by atoms with Crippen LogP contribution >= 0.6 is 11.5 Å². The lowest BCUT2D eigenvalue weighted by molar-refractivity contribution is -0.120. The molecule has 1 aliphatic rings. The quantitative estimate of drug-likeness (QED) is 0.369. The molecule has 0 radical (unpaired) electrons. The van der Waals surface area contributed by atoms with Crippen LogP contribution in [0.4, 0.5) is 4.39 Å². The van der Waals surface area contributed by atoms with E-state index >= 15 is 0 Å². The summed E-state index contributed by atoms with van der Waals surface area (Å²) in [4.78, 5) is 36.4. The smallest absolute Gasteiger partial charge is 0.254 e. The van der Waals surface area contributed by atoms with Crippen LogP contribution in [0.2, 0.25) is 0 Å². The van der Waals surface area contributed by atoms with E-state index in [1.165, 1.54) is 29.7 Å². The van der Waals surface area contributed by atoms with Crippen LogP contribution in [0.25, 0.3) is 11.3 Å². The molecule has 10 heteroatoms. The number of amides is 2. The van der Waals surface area contributed by atoms with E-state index in [9.17, 15) is 18.8 Å². The van der Waals surface area contributed by atoms with Gasteiger partial charge in [-0.2, -0.15) is 4.37 Å². The monoisotopic (exact) mass is 497 g/mol. The number of halogens is 1. The molecule has 0 aliphatic heterocycles. The van der Waals surface area contributed by atoms with Crippen molar-refractivity contribution in [1.29, 1.82) is 0 Å². The molecule has 1 fully saturated rings. The number of carbonyl (C=O) groups excluding carboxylic acids is 3. The summed E-state index contributed by atoms with van der Waals surface area (Å²) in [5, 5.41) is 11.3. The highest BCUT2D eigenvalue weighted by molar-refractivity contribution is 7.06. The van der Waals surface area contributed by atoms with Gasteiger partial charge in [0.25, 0.3) is 5.91 Å². The summed E-state index contributed by atoms with van der Waals surface area (Å²) >= 11 is 1.21. The number of nitrogens with zero attached hydrogens (tertiary/aromatic N) is 1. The number of rotatable bonds is 10. The molecule has 4 N–H and O–H groups in total. The third kappa shape index (κ3) is 5.72. The van der Waals surface area contributed by atoms with Gasteiger partial charge in [0.2, 0.25) is 5.91 Å². The fourth-order valence-electron chi connectivity index (χ4n) is 3.46. The number of ketones is 1. The molecular weight excluding hydrogens is 473 g/mol. The molecule has 1 saturated carbocycles. The minimum atomic E-state index is -1.31. The van der Waals surface area contributed by atoms with Gasteiger partial charge in [-0.3, -0.25) is 14.4 Å². The van der Waals surface area contributed by atoms with Crippen molar-refractivity contribution < 1.29 is 28.6 Å². The minimum absolute atomic E-state index is 0.164. The largest absolute Gasteiger partial charge is 0.485 e. The van der Waals surface area contributed by atoms with Crippen LogP contribution in [0.3, 0.4) is 0 Å². The van der Waals surface area contributed by atoms with E-state index < -0.39 is 30.3 Å². The zero-order chi connectivity index (χ0) is 25.1. The molecule has 2 aromatic carbocycles. The van der Waals surface area contributed by atoms with Crippen LogP contribution in [0.1, 0.15) is 51.5 Å². The van der Waals surface area contributed by atoms with Crippen molar-refractivity contribution in [2.75, 3.05) is 6.61 Å². The van der Waals surface area contributed by atoms with Gasteiger partial charge in [0.05, 0.1) is 22.7 Å². The third-order valence-electron chi connectivity index (χ3n) is 5.67. The Kier molecular flexibility index (Phi) is 7.23. The standard InChI is InChI=1S/C25H24FN3O5S/c1-13(34-17-7-4-15(5-8-17)23(31)14-2-3-14)22-11-20(29-35-22)16-6-9-18(19(26)10-16)25(33)28-21(12-30)24(27)32/h4-11,13-14,21,30H,2-3,12H2,1H3,(H2,27,32)(H,28,33)/t13?,21-/m0/s1. The lowest BCUT2D eigenvalue weighted by atomic mass is 10.1. The van der Waals surface area contributed by atoms with Crippen molar-refractivity contribution in [2.45, 2.75) is 31.9 Å². The van der Waals surface area contributed by atoms with E-state index in [1.807, 2.05) is 6.92 Å². The van der Waals surface area contributed by atoms with E-state index in [0.717, 1.165) is 17.7 Å². The molecule has 1 heterocycles. The summed E-state index contributed by atoms with van der Waals surface area (Å²) in [6, 6.07) is 11.5. The number of aliphatic hydroxyl groups is 1. The van der Waals surface area contributed by atoms with Crippen molar-refractivity contribution >= 4 is 29.1 Å². The van der Waals surface area contributed by atoms with Crippen molar-refractivity contribution in [3.8, 4) is 17.0 Å². The Hall–Kier alpha value is -3.63. The first kappa shape index (κ1) is 24.5. The molecule has 2 amide bonds. The molecule has 3 aromatic rings. The summed E-state index contributed by atoms with van der Waals surface area (Å²) < 4.78 is 25.0. The predicted molar refractivity (Wildman–Crippen MR) is 128 cm³/mol. The Bertz CT molecular complexity index is 1260.